The highest BCUT2D eigenvalue weighted by Crippen LogP contribution is 2.07. The van der Waals surface area contributed by atoms with E-state index in [0.29, 0.717) is 11.5 Å². The summed E-state index contributed by atoms with van der Waals surface area (Å²) in [4.78, 5) is 33.1. The van der Waals surface area contributed by atoms with Crippen LogP contribution >= 0.6 is 23.5 Å². The Kier molecular flexibility index (Phi) is 12.8. The second kappa shape index (κ2) is 13.0. The fraction of sp³-hybridized carbons (Fsp3) is 0.769. The van der Waals surface area contributed by atoms with Gasteiger partial charge in [-0.1, -0.05) is 0 Å². The molecule has 1 aliphatic heterocycles. The molecule has 1 rings (SSSR count). The predicted octanol–water partition coefficient (Wildman–Crippen LogP) is -1.01. The van der Waals surface area contributed by atoms with Gasteiger partial charge in [-0.2, -0.15) is 23.5 Å². The summed E-state index contributed by atoms with van der Waals surface area (Å²) in [5, 5.41) is 9.73. The molecule has 0 aromatic heterocycles. The average molecular weight is 400 g/mol. The van der Waals surface area contributed by atoms with Crippen molar-refractivity contribution in [1.29, 1.82) is 0 Å². The number of rotatable bonds is 7. The van der Waals surface area contributed by atoms with Gasteiger partial charge in [-0.3, -0.25) is 4.79 Å². The highest BCUT2D eigenvalue weighted by molar-refractivity contribution is 8.19. The Hall–Kier alpha value is -0.300. The predicted molar refractivity (Wildman–Crippen MR) is 99.5 cm³/mol. The minimum atomic E-state index is -2.23. The van der Waals surface area contributed by atoms with Crippen LogP contribution in [0.15, 0.2) is 0 Å². The summed E-state index contributed by atoms with van der Waals surface area (Å²) in [6, 6.07) is -2.02. The van der Waals surface area contributed by atoms with Gasteiger partial charge in [-0.15, -0.1) is 0 Å². The van der Waals surface area contributed by atoms with E-state index in [-0.39, 0.29) is 6.04 Å². The van der Waals surface area contributed by atoms with Crippen LogP contribution < -0.4 is 16.8 Å². The molecule has 0 spiro atoms. The van der Waals surface area contributed by atoms with Crippen molar-refractivity contribution in [3.05, 3.63) is 0 Å². The van der Waals surface area contributed by atoms with E-state index in [2.05, 4.69) is 5.32 Å². The molecule has 0 bridgehead atoms. The summed E-state index contributed by atoms with van der Waals surface area (Å²) in [7, 11) is 0. The smallest absolute Gasteiger partial charge is 0.354 e. The van der Waals surface area contributed by atoms with E-state index in [4.69, 9.17) is 16.6 Å². The Morgan fingerprint density at radius 3 is 1.92 bits per heavy atom. The standard InChI is InChI=1S/C8H16N2O3S3.C5H9NO2/c1-14-3-5(9)7(11)16(13)8(12)6(10)4-15-2;7-5(8)4-2-1-3-6-4/h5-6H,3-4,9-10H2,1-2H3;4,6H,1-3H2,(H,7,8)/t5-,6-;4-/m00/s1. The number of carbonyl (C=O) groups is 3. The fourth-order valence-corrected chi connectivity index (χ4v) is 3.91. The lowest BCUT2D eigenvalue weighted by Crippen LogP contribution is -2.46. The fourth-order valence-electron chi connectivity index (χ4n) is 1.76. The minimum absolute atomic E-state index is 0.269. The molecule has 1 fully saturated rings. The third kappa shape index (κ3) is 8.70. The molecule has 6 N–H and O–H groups in total. The van der Waals surface area contributed by atoms with Crippen LogP contribution in [0.2, 0.25) is 0 Å². The van der Waals surface area contributed by atoms with Gasteiger partial charge in [0.2, 0.25) is 0 Å². The zero-order chi connectivity index (χ0) is 18.7. The van der Waals surface area contributed by atoms with Gasteiger partial charge in [-0.05, 0) is 31.9 Å². The van der Waals surface area contributed by atoms with Crippen molar-refractivity contribution >= 4 is 50.9 Å². The van der Waals surface area contributed by atoms with Gasteiger partial charge < -0.3 is 26.4 Å². The molecule has 0 radical (unpaired) electrons. The van der Waals surface area contributed by atoms with Gasteiger partial charge in [0.1, 0.15) is 29.3 Å². The lowest BCUT2D eigenvalue weighted by molar-refractivity contribution is -0.139. The second-order valence-corrected chi connectivity index (χ2v) is 8.18. The summed E-state index contributed by atoms with van der Waals surface area (Å²) in [5.74, 6) is -0.0342. The molecular weight excluding hydrogens is 374 g/mol. The zero-order valence-corrected chi connectivity index (χ0v) is 16.2. The average Bonchev–Trinajstić information content (AvgIpc) is 3.08. The molecule has 1 saturated heterocycles. The van der Waals surface area contributed by atoms with Crippen LogP contribution in [0.4, 0.5) is 0 Å². The molecule has 0 aliphatic carbocycles. The minimum Gasteiger partial charge on any atom is -0.602 e. The number of carboxylic acids is 1. The molecule has 8 nitrogen and oxygen atoms in total. The summed E-state index contributed by atoms with van der Waals surface area (Å²) >= 11 is 0.491. The van der Waals surface area contributed by atoms with E-state index in [9.17, 15) is 18.9 Å². The van der Waals surface area contributed by atoms with Crippen molar-refractivity contribution in [3.8, 4) is 0 Å². The van der Waals surface area contributed by atoms with Crippen molar-refractivity contribution in [3.63, 3.8) is 0 Å². The molecule has 11 heteroatoms. The van der Waals surface area contributed by atoms with Crippen LogP contribution in [0, 0.1) is 0 Å². The largest absolute Gasteiger partial charge is 0.602 e. The Morgan fingerprint density at radius 1 is 1.21 bits per heavy atom. The summed E-state index contributed by atoms with van der Waals surface area (Å²) in [6.07, 6.45) is 5.33. The maximum atomic E-state index is 11.5. The molecule has 1 heterocycles. The number of aliphatic carboxylic acids is 1. The normalized spacial score (nSPS) is 19.3. The Balaban J connectivity index is 0.000000546. The van der Waals surface area contributed by atoms with Crippen molar-refractivity contribution in [2.45, 2.75) is 31.0 Å². The number of nitrogens with two attached hydrogens (primary N) is 2. The first-order chi connectivity index (χ1) is 11.3. The van der Waals surface area contributed by atoms with Gasteiger partial charge in [0, 0.05) is 11.5 Å². The van der Waals surface area contributed by atoms with E-state index in [0.717, 1.165) is 19.4 Å². The number of hydrogen-bond acceptors (Lipinski definition) is 9. The van der Waals surface area contributed by atoms with Crippen LogP contribution in [-0.4, -0.2) is 74.5 Å². The number of thioether (sulfide) groups is 2. The number of carboxylic acid groups (broad SMARTS) is 1. The summed E-state index contributed by atoms with van der Waals surface area (Å²) in [5.41, 5.74) is 11.0. The molecule has 0 aromatic rings. The van der Waals surface area contributed by atoms with Gasteiger partial charge in [0.05, 0.1) is 0 Å². The molecule has 0 saturated carbocycles. The van der Waals surface area contributed by atoms with Gasteiger partial charge in [0.15, 0.2) is 0 Å². The molecule has 24 heavy (non-hydrogen) atoms. The SMILES string of the molecule is CSC[C@H](N)C(=O)[S+]([O-])C(=O)[C@@H](N)CSC.O=C(O)[C@@H]1CCCN1. The molecular formula is C13H25N3O5S3. The van der Waals surface area contributed by atoms with Crippen LogP contribution in [-0.2, 0) is 25.6 Å². The molecule has 0 aromatic carbocycles. The first-order valence-electron chi connectivity index (χ1n) is 7.20. The topological polar surface area (TPSA) is 159 Å². The Morgan fingerprint density at radius 2 is 1.67 bits per heavy atom. The lowest BCUT2D eigenvalue weighted by atomic mass is 10.2. The Bertz CT molecular complexity index is 398. The van der Waals surface area contributed by atoms with Crippen molar-refractivity contribution in [2.75, 3.05) is 30.6 Å². The molecule has 0 amide bonds. The van der Waals surface area contributed by atoms with Crippen LogP contribution in [0.3, 0.4) is 0 Å². The maximum absolute atomic E-state index is 11.5. The van der Waals surface area contributed by atoms with Gasteiger partial charge >= 0.3 is 16.2 Å². The summed E-state index contributed by atoms with van der Waals surface area (Å²) < 4.78 is 11.5. The number of carbonyl (C=O) groups excluding carboxylic acids is 2. The first kappa shape index (κ1) is 23.7. The maximum Gasteiger partial charge on any atom is 0.354 e. The zero-order valence-electron chi connectivity index (χ0n) is 13.7. The number of nitrogens with one attached hydrogen (secondary N) is 1. The highest BCUT2D eigenvalue weighted by Gasteiger charge is 2.36. The number of hydrogen-bond donors (Lipinski definition) is 4. The van der Waals surface area contributed by atoms with Crippen molar-refractivity contribution in [2.24, 2.45) is 11.5 Å². The van der Waals surface area contributed by atoms with E-state index in [1.807, 2.05) is 0 Å². The van der Waals surface area contributed by atoms with Crippen molar-refractivity contribution < 1.29 is 24.0 Å². The molecule has 0 unspecified atom stereocenters. The molecule has 140 valence electrons. The second-order valence-electron chi connectivity index (χ2n) is 5.02. The van der Waals surface area contributed by atoms with Crippen LogP contribution in [0.25, 0.3) is 0 Å². The van der Waals surface area contributed by atoms with E-state index in [1.165, 1.54) is 23.5 Å². The third-order valence-corrected chi connectivity index (χ3v) is 5.74. The van der Waals surface area contributed by atoms with E-state index in [1.54, 1.807) is 12.5 Å². The third-order valence-electron chi connectivity index (χ3n) is 3.02. The van der Waals surface area contributed by atoms with Crippen LogP contribution in [0.5, 0.6) is 0 Å². The monoisotopic (exact) mass is 399 g/mol. The lowest BCUT2D eigenvalue weighted by Gasteiger charge is -2.13. The van der Waals surface area contributed by atoms with Crippen molar-refractivity contribution in [1.82, 2.24) is 5.32 Å². The van der Waals surface area contributed by atoms with Gasteiger partial charge in [0.25, 0.3) is 0 Å². The quantitative estimate of drug-likeness (QED) is 0.391. The van der Waals surface area contributed by atoms with E-state index < -0.39 is 39.5 Å². The molecule has 1 aliphatic rings. The van der Waals surface area contributed by atoms with E-state index >= 15 is 0 Å². The summed E-state index contributed by atoms with van der Waals surface area (Å²) in [6.45, 7) is 0.858. The van der Waals surface area contributed by atoms with Gasteiger partial charge in [-0.25, -0.2) is 9.59 Å². The van der Waals surface area contributed by atoms with Crippen LogP contribution in [0.1, 0.15) is 12.8 Å². The molecule has 3 atom stereocenters. The highest BCUT2D eigenvalue weighted by atomic mass is 32.2. The first-order valence-corrected chi connectivity index (χ1v) is 11.1. The Labute approximate surface area is 153 Å².